The van der Waals surface area contributed by atoms with Crippen LogP contribution >= 0.6 is 22.7 Å². The molecule has 0 amide bonds. The van der Waals surface area contributed by atoms with Crippen LogP contribution in [0.4, 0.5) is 5.82 Å². The van der Waals surface area contributed by atoms with Crippen molar-refractivity contribution in [3.8, 4) is 22.5 Å². The van der Waals surface area contributed by atoms with E-state index in [0.717, 1.165) is 22.5 Å². The summed E-state index contributed by atoms with van der Waals surface area (Å²) in [5, 5.41) is 5.02. The van der Waals surface area contributed by atoms with E-state index < -0.39 is 0 Å². The highest BCUT2D eigenvalue weighted by molar-refractivity contribution is 7.26. The number of thiophene rings is 2. The van der Waals surface area contributed by atoms with Crippen molar-refractivity contribution >= 4 is 68.8 Å². The Kier molecular flexibility index (Phi) is 4.03. The lowest BCUT2D eigenvalue weighted by atomic mass is 10.1. The van der Waals surface area contributed by atoms with E-state index in [0.29, 0.717) is 5.82 Å². The van der Waals surface area contributed by atoms with Crippen molar-refractivity contribution < 1.29 is 0 Å². The van der Waals surface area contributed by atoms with Gasteiger partial charge < -0.3 is 5.73 Å². The molecule has 0 aliphatic heterocycles. The highest BCUT2D eigenvalue weighted by atomic mass is 32.1. The minimum absolute atomic E-state index is 0.451. The molecule has 3 aromatic heterocycles. The normalized spacial score (nSPS) is 11.8. The van der Waals surface area contributed by atoms with E-state index in [1.807, 2.05) is 0 Å². The molecule has 7 rings (SSSR count). The molecule has 0 aliphatic carbocycles. The van der Waals surface area contributed by atoms with Crippen LogP contribution < -0.4 is 5.73 Å². The standard InChI is InChI=1S/C28H17N3S2/c29-28-25(21-12-6-10-19-17-8-2-4-14-24(17)33-27(19)21)31-22(15-30-28)20-11-5-9-18-16-7-1-3-13-23(16)32-26(18)20/h1-15H,(H2,29,30). The predicted octanol–water partition coefficient (Wildman–Crippen LogP) is 8.13. The number of nitrogens with zero attached hydrogens (tertiary/aromatic N) is 2. The van der Waals surface area contributed by atoms with Crippen LogP contribution in [0.15, 0.2) is 91.1 Å². The molecule has 0 aliphatic rings. The maximum absolute atomic E-state index is 6.39. The molecule has 0 unspecified atom stereocenters. The lowest BCUT2D eigenvalue weighted by Gasteiger charge is -2.09. The van der Waals surface area contributed by atoms with Gasteiger partial charge in [0.25, 0.3) is 0 Å². The van der Waals surface area contributed by atoms with E-state index in [1.54, 1.807) is 28.9 Å². The van der Waals surface area contributed by atoms with Gasteiger partial charge in [-0.3, -0.25) is 0 Å². The second kappa shape index (κ2) is 7.10. The minimum Gasteiger partial charge on any atom is -0.382 e. The first-order chi connectivity index (χ1) is 16.3. The summed E-state index contributed by atoms with van der Waals surface area (Å²) in [4.78, 5) is 9.66. The Balaban J connectivity index is 1.48. The van der Waals surface area contributed by atoms with Crippen molar-refractivity contribution in [2.24, 2.45) is 0 Å². The second-order valence-electron chi connectivity index (χ2n) is 8.05. The summed E-state index contributed by atoms with van der Waals surface area (Å²) in [5.74, 6) is 0.451. The second-order valence-corrected chi connectivity index (χ2v) is 10.2. The third kappa shape index (κ3) is 2.80. The van der Waals surface area contributed by atoms with Gasteiger partial charge in [0.1, 0.15) is 11.5 Å². The smallest absolute Gasteiger partial charge is 0.150 e. The molecule has 0 fully saturated rings. The number of benzene rings is 4. The van der Waals surface area contributed by atoms with Crippen LogP contribution in [0.3, 0.4) is 0 Å². The van der Waals surface area contributed by atoms with Gasteiger partial charge in [-0.05, 0) is 12.1 Å². The van der Waals surface area contributed by atoms with Gasteiger partial charge in [0.2, 0.25) is 0 Å². The zero-order chi connectivity index (χ0) is 21.9. The third-order valence-corrected chi connectivity index (χ3v) is 8.58. The van der Waals surface area contributed by atoms with Gasteiger partial charge in [-0.15, -0.1) is 22.7 Å². The fraction of sp³-hybridized carbons (Fsp3) is 0. The Labute approximate surface area is 197 Å². The minimum atomic E-state index is 0.451. The van der Waals surface area contributed by atoms with E-state index >= 15 is 0 Å². The maximum Gasteiger partial charge on any atom is 0.150 e. The van der Waals surface area contributed by atoms with E-state index in [-0.39, 0.29) is 0 Å². The van der Waals surface area contributed by atoms with Crippen LogP contribution in [0.2, 0.25) is 0 Å². The highest BCUT2D eigenvalue weighted by Gasteiger charge is 2.17. The van der Waals surface area contributed by atoms with Crippen molar-refractivity contribution in [2.45, 2.75) is 0 Å². The monoisotopic (exact) mass is 459 g/mol. The Morgan fingerprint density at radius 2 is 1.12 bits per heavy atom. The summed E-state index contributed by atoms with van der Waals surface area (Å²) in [6.45, 7) is 0. The number of anilines is 1. The van der Waals surface area contributed by atoms with Crippen LogP contribution in [0, 0.1) is 0 Å². The van der Waals surface area contributed by atoms with Crippen LogP contribution in [0.5, 0.6) is 0 Å². The van der Waals surface area contributed by atoms with E-state index in [2.05, 4.69) is 89.9 Å². The zero-order valence-electron chi connectivity index (χ0n) is 17.4. The molecule has 0 bridgehead atoms. The SMILES string of the molecule is Nc1ncc(-c2cccc3c2sc2ccccc23)nc1-c1cccc2c1sc1ccccc12. The van der Waals surface area contributed by atoms with Gasteiger partial charge in [-0.25, -0.2) is 9.97 Å². The van der Waals surface area contributed by atoms with Crippen LogP contribution in [0.25, 0.3) is 62.9 Å². The van der Waals surface area contributed by atoms with Crippen LogP contribution in [-0.4, -0.2) is 9.97 Å². The number of hydrogen-bond acceptors (Lipinski definition) is 5. The average molecular weight is 460 g/mol. The lowest BCUT2D eigenvalue weighted by molar-refractivity contribution is 1.23. The molecule has 3 nitrogen and oxygen atoms in total. The maximum atomic E-state index is 6.39. The van der Waals surface area contributed by atoms with E-state index in [1.165, 1.54) is 40.3 Å². The topological polar surface area (TPSA) is 51.8 Å². The molecule has 3 heterocycles. The van der Waals surface area contributed by atoms with E-state index in [4.69, 9.17) is 10.7 Å². The lowest BCUT2D eigenvalue weighted by Crippen LogP contribution is -1.99. The van der Waals surface area contributed by atoms with Gasteiger partial charge >= 0.3 is 0 Å². The van der Waals surface area contributed by atoms with Gasteiger partial charge in [0.05, 0.1) is 11.9 Å². The summed E-state index contributed by atoms with van der Waals surface area (Å²) < 4.78 is 4.96. The molecule has 0 radical (unpaired) electrons. The summed E-state index contributed by atoms with van der Waals surface area (Å²) in [6.07, 6.45) is 1.79. The number of nitrogen functional groups attached to an aromatic ring is 1. The molecule has 0 saturated carbocycles. The van der Waals surface area contributed by atoms with Crippen LogP contribution in [-0.2, 0) is 0 Å². The summed E-state index contributed by atoms with van der Waals surface area (Å²) in [7, 11) is 0. The summed E-state index contributed by atoms with van der Waals surface area (Å²) in [5.41, 5.74) is 10.1. The molecule has 7 aromatic rings. The summed E-state index contributed by atoms with van der Waals surface area (Å²) in [6, 6.07) is 29.8. The van der Waals surface area contributed by atoms with Gasteiger partial charge in [0.15, 0.2) is 0 Å². The van der Waals surface area contributed by atoms with Gasteiger partial charge in [-0.1, -0.05) is 72.8 Å². The first kappa shape index (κ1) is 18.7. The zero-order valence-corrected chi connectivity index (χ0v) is 19.1. The predicted molar refractivity (Wildman–Crippen MR) is 143 cm³/mol. The molecule has 156 valence electrons. The van der Waals surface area contributed by atoms with Crippen molar-refractivity contribution in [3.63, 3.8) is 0 Å². The highest BCUT2D eigenvalue weighted by Crippen LogP contribution is 2.42. The molecular formula is C28H17N3S2. The van der Waals surface area contributed by atoms with Gasteiger partial charge in [0, 0.05) is 51.5 Å². The molecule has 33 heavy (non-hydrogen) atoms. The molecule has 4 aromatic carbocycles. The molecule has 2 N–H and O–H groups in total. The Bertz CT molecular complexity index is 1850. The fourth-order valence-electron chi connectivity index (χ4n) is 4.61. The summed E-state index contributed by atoms with van der Waals surface area (Å²) >= 11 is 3.58. The molecule has 0 saturated heterocycles. The number of fused-ring (bicyclic) bond motifs is 6. The average Bonchev–Trinajstić information content (AvgIpc) is 3.43. The van der Waals surface area contributed by atoms with Gasteiger partial charge in [-0.2, -0.15) is 0 Å². The largest absolute Gasteiger partial charge is 0.382 e. The Morgan fingerprint density at radius 3 is 1.79 bits per heavy atom. The van der Waals surface area contributed by atoms with Crippen molar-refractivity contribution in [2.75, 3.05) is 5.73 Å². The quantitative estimate of drug-likeness (QED) is 0.284. The molecular weight excluding hydrogens is 442 g/mol. The molecule has 0 spiro atoms. The third-order valence-electron chi connectivity index (χ3n) is 6.14. The number of hydrogen-bond donors (Lipinski definition) is 1. The van der Waals surface area contributed by atoms with Crippen LogP contribution in [0.1, 0.15) is 0 Å². The molecule has 0 atom stereocenters. The Morgan fingerprint density at radius 1 is 0.576 bits per heavy atom. The number of aromatic nitrogens is 2. The number of nitrogens with two attached hydrogens (primary N) is 1. The fourth-order valence-corrected chi connectivity index (χ4v) is 7.05. The first-order valence-electron chi connectivity index (χ1n) is 10.7. The van der Waals surface area contributed by atoms with Crippen molar-refractivity contribution in [1.29, 1.82) is 0 Å². The molecule has 5 heteroatoms. The first-order valence-corrected chi connectivity index (χ1v) is 12.3. The van der Waals surface area contributed by atoms with Crippen molar-refractivity contribution in [1.82, 2.24) is 9.97 Å². The van der Waals surface area contributed by atoms with Crippen molar-refractivity contribution in [3.05, 3.63) is 91.1 Å². The number of rotatable bonds is 2. The Hall–Kier alpha value is -3.80. The van der Waals surface area contributed by atoms with E-state index in [9.17, 15) is 0 Å².